The Kier molecular flexibility index (Phi) is 5.79. The van der Waals surface area contributed by atoms with E-state index in [4.69, 9.17) is 9.84 Å². The van der Waals surface area contributed by atoms with Crippen molar-refractivity contribution in [1.82, 2.24) is 19.6 Å². The molecule has 6 nitrogen and oxygen atoms in total. The number of likely N-dealkylation sites (tertiary alicyclic amines) is 2. The first-order valence-corrected chi connectivity index (χ1v) is 9.68. The van der Waals surface area contributed by atoms with E-state index >= 15 is 0 Å². The summed E-state index contributed by atoms with van der Waals surface area (Å²) in [7, 11) is 3.78. The minimum Gasteiger partial charge on any atom is -0.380 e. The second-order valence-corrected chi connectivity index (χ2v) is 7.27. The van der Waals surface area contributed by atoms with Crippen molar-refractivity contribution >= 4 is 5.91 Å². The average Bonchev–Trinajstić information content (AvgIpc) is 3.33. The number of hydrogen-bond acceptors (Lipinski definition) is 4. The number of nitrogens with zero attached hydrogens (tertiary/aromatic N) is 4. The highest BCUT2D eigenvalue weighted by Gasteiger charge is 2.40. The molecule has 0 spiro atoms. The Morgan fingerprint density at radius 1 is 1.24 bits per heavy atom. The number of hydrogen-bond donors (Lipinski definition) is 0. The molecule has 0 aliphatic carbocycles. The van der Waals surface area contributed by atoms with Gasteiger partial charge in [-0.25, -0.2) is 0 Å². The van der Waals surface area contributed by atoms with Crippen molar-refractivity contribution in [2.24, 2.45) is 7.05 Å². The van der Waals surface area contributed by atoms with Crippen LogP contribution in [0.5, 0.6) is 0 Å². The third kappa shape index (κ3) is 3.60. The summed E-state index contributed by atoms with van der Waals surface area (Å²) in [5, 5.41) is 4.69. The van der Waals surface area contributed by atoms with Crippen LogP contribution in [-0.2, 0) is 36.0 Å². The number of carbonyl (C=O) groups excluding carboxylic acids is 1. The topological polar surface area (TPSA) is 50.6 Å². The summed E-state index contributed by atoms with van der Waals surface area (Å²) in [5.74, 6) is 0.289. The first-order valence-electron chi connectivity index (χ1n) is 9.68. The lowest BCUT2D eigenvalue weighted by molar-refractivity contribution is -0.135. The van der Waals surface area contributed by atoms with Crippen LogP contribution in [0, 0.1) is 0 Å². The maximum absolute atomic E-state index is 13.0. The lowest BCUT2D eigenvalue weighted by atomic mass is 10.1. The standard InChI is InChI=1S/C19H32N4O2/c1-5-16-15(17(6-2)21(3)20-16)13-23-12-14(25-4)11-18(23)19(24)22-9-7-8-10-22/h14,18H,5-13H2,1-4H3/t14-,18-/m0/s1. The summed E-state index contributed by atoms with van der Waals surface area (Å²) in [6, 6.07) is -0.0577. The Hall–Kier alpha value is -1.40. The molecule has 2 aliphatic heterocycles. The zero-order valence-corrected chi connectivity index (χ0v) is 16.1. The molecule has 140 valence electrons. The van der Waals surface area contributed by atoms with Crippen LogP contribution in [0.2, 0.25) is 0 Å². The van der Waals surface area contributed by atoms with Crippen LogP contribution < -0.4 is 0 Å². The molecular weight excluding hydrogens is 316 g/mol. The van der Waals surface area contributed by atoms with Gasteiger partial charge in [0.15, 0.2) is 0 Å². The summed E-state index contributed by atoms with van der Waals surface area (Å²) in [6.45, 7) is 7.77. The first-order chi connectivity index (χ1) is 12.1. The predicted octanol–water partition coefficient (Wildman–Crippen LogP) is 1.76. The molecule has 1 amide bonds. The van der Waals surface area contributed by atoms with E-state index in [2.05, 4.69) is 18.7 Å². The van der Waals surface area contributed by atoms with Crippen LogP contribution in [0.3, 0.4) is 0 Å². The smallest absolute Gasteiger partial charge is 0.240 e. The Morgan fingerprint density at radius 2 is 1.96 bits per heavy atom. The molecule has 2 saturated heterocycles. The fraction of sp³-hybridized carbons (Fsp3) is 0.789. The second kappa shape index (κ2) is 7.87. The van der Waals surface area contributed by atoms with Crippen molar-refractivity contribution in [2.45, 2.75) is 64.6 Å². The summed E-state index contributed by atoms with van der Waals surface area (Å²) in [5.41, 5.74) is 3.75. The van der Waals surface area contributed by atoms with E-state index in [0.717, 1.165) is 64.0 Å². The van der Waals surface area contributed by atoms with Crippen molar-refractivity contribution in [3.8, 4) is 0 Å². The van der Waals surface area contributed by atoms with E-state index in [-0.39, 0.29) is 18.1 Å². The quantitative estimate of drug-likeness (QED) is 0.786. The highest BCUT2D eigenvalue weighted by atomic mass is 16.5. The van der Waals surface area contributed by atoms with Crippen LogP contribution in [0.4, 0.5) is 0 Å². The molecule has 2 fully saturated rings. The highest BCUT2D eigenvalue weighted by Crippen LogP contribution is 2.27. The number of aryl methyl sites for hydroxylation is 2. The van der Waals surface area contributed by atoms with E-state index in [1.165, 1.54) is 11.3 Å². The lowest BCUT2D eigenvalue weighted by Crippen LogP contribution is -2.44. The maximum atomic E-state index is 13.0. The summed E-state index contributed by atoms with van der Waals surface area (Å²) < 4.78 is 7.62. The predicted molar refractivity (Wildman–Crippen MR) is 97.4 cm³/mol. The molecular formula is C19H32N4O2. The largest absolute Gasteiger partial charge is 0.380 e. The molecule has 1 aromatic heterocycles. The minimum atomic E-state index is -0.0577. The Bertz CT molecular complexity index is 607. The van der Waals surface area contributed by atoms with Gasteiger partial charge in [0.25, 0.3) is 0 Å². The van der Waals surface area contributed by atoms with Crippen molar-refractivity contribution in [3.63, 3.8) is 0 Å². The number of amides is 1. The SMILES string of the molecule is CCc1nn(C)c(CC)c1CN1C[C@@H](OC)C[C@H]1C(=O)N1CCCC1. The molecule has 0 radical (unpaired) electrons. The van der Waals surface area contributed by atoms with Gasteiger partial charge in [0.2, 0.25) is 5.91 Å². The van der Waals surface area contributed by atoms with Crippen LogP contribution in [0.25, 0.3) is 0 Å². The average molecular weight is 348 g/mol. The monoisotopic (exact) mass is 348 g/mol. The van der Waals surface area contributed by atoms with Crippen LogP contribution in [0.1, 0.15) is 50.1 Å². The Labute approximate surface area is 151 Å². The van der Waals surface area contributed by atoms with Crippen LogP contribution in [-0.4, -0.2) is 64.4 Å². The Balaban J connectivity index is 1.82. The van der Waals surface area contributed by atoms with Gasteiger partial charge in [-0.3, -0.25) is 14.4 Å². The van der Waals surface area contributed by atoms with E-state index in [1.54, 1.807) is 7.11 Å². The Morgan fingerprint density at radius 3 is 2.56 bits per heavy atom. The third-order valence-electron chi connectivity index (χ3n) is 5.79. The lowest BCUT2D eigenvalue weighted by Gasteiger charge is -2.27. The molecule has 1 aromatic rings. The van der Waals surface area contributed by atoms with Crippen molar-refractivity contribution in [3.05, 3.63) is 17.0 Å². The molecule has 3 rings (SSSR count). The van der Waals surface area contributed by atoms with Gasteiger partial charge in [0.05, 0.1) is 17.8 Å². The summed E-state index contributed by atoms with van der Waals surface area (Å²) in [6.07, 6.45) is 5.10. The van der Waals surface area contributed by atoms with Gasteiger partial charge < -0.3 is 9.64 Å². The minimum absolute atomic E-state index is 0.0577. The number of aromatic nitrogens is 2. The molecule has 0 bridgehead atoms. The summed E-state index contributed by atoms with van der Waals surface area (Å²) in [4.78, 5) is 17.4. The molecule has 2 aliphatic rings. The van der Waals surface area contributed by atoms with Gasteiger partial charge in [-0.2, -0.15) is 5.10 Å². The third-order valence-corrected chi connectivity index (χ3v) is 5.79. The van der Waals surface area contributed by atoms with E-state index in [9.17, 15) is 4.79 Å². The molecule has 0 unspecified atom stereocenters. The van der Waals surface area contributed by atoms with Gasteiger partial charge >= 0.3 is 0 Å². The molecule has 2 atom stereocenters. The van der Waals surface area contributed by atoms with E-state index in [0.29, 0.717) is 0 Å². The first kappa shape index (κ1) is 18.4. The zero-order chi connectivity index (χ0) is 18.0. The van der Waals surface area contributed by atoms with E-state index < -0.39 is 0 Å². The summed E-state index contributed by atoms with van der Waals surface area (Å²) >= 11 is 0. The van der Waals surface area contributed by atoms with Crippen molar-refractivity contribution < 1.29 is 9.53 Å². The van der Waals surface area contributed by atoms with Gasteiger partial charge in [0.1, 0.15) is 0 Å². The zero-order valence-electron chi connectivity index (χ0n) is 16.1. The van der Waals surface area contributed by atoms with Crippen LogP contribution in [0.15, 0.2) is 0 Å². The molecule has 0 aromatic carbocycles. The molecule has 3 heterocycles. The number of methoxy groups -OCH3 is 1. The van der Waals surface area contributed by atoms with Gasteiger partial charge in [-0.1, -0.05) is 13.8 Å². The van der Waals surface area contributed by atoms with E-state index in [1.807, 2.05) is 16.6 Å². The molecule has 25 heavy (non-hydrogen) atoms. The van der Waals surface area contributed by atoms with Crippen molar-refractivity contribution in [1.29, 1.82) is 0 Å². The fourth-order valence-corrected chi connectivity index (χ4v) is 4.39. The van der Waals surface area contributed by atoms with Gasteiger partial charge in [-0.15, -0.1) is 0 Å². The molecule has 0 N–H and O–H groups in total. The number of carbonyl (C=O) groups is 1. The maximum Gasteiger partial charge on any atom is 0.240 e. The number of ether oxygens (including phenoxy) is 1. The van der Waals surface area contributed by atoms with Gasteiger partial charge in [-0.05, 0) is 32.1 Å². The second-order valence-electron chi connectivity index (χ2n) is 7.27. The number of rotatable bonds is 6. The van der Waals surface area contributed by atoms with Crippen LogP contribution >= 0.6 is 0 Å². The molecule has 0 saturated carbocycles. The fourth-order valence-electron chi connectivity index (χ4n) is 4.39. The highest BCUT2D eigenvalue weighted by molar-refractivity contribution is 5.82. The van der Waals surface area contributed by atoms with Gasteiger partial charge in [0, 0.05) is 51.6 Å². The molecule has 6 heteroatoms. The van der Waals surface area contributed by atoms with Crippen molar-refractivity contribution in [2.75, 3.05) is 26.7 Å². The normalized spacial score (nSPS) is 24.4.